The molecule has 3 amide bonds. The van der Waals surface area contributed by atoms with Crippen molar-refractivity contribution < 1.29 is 19.5 Å². The molecule has 0 aliphatic rings. The average Bonchev–Trinajstić information content (AvgIpc) is 2.13. The van der Waals surface area contributed by atoms with E-state index in [1.165, 1.54) is 14.0 Å². The molecule has 80 valence electrons. The first kappa shape index (κ1) is 12.2. The molecule has 0 aliphatic carbocycles. The Morgan fingerprint density at radius 1 is 1.36 bits per heavy atom. The van der Waals surface area contributed by atoms with Gasteiger partial charge in [-0.25, -0.2) is 4.79 Å². The van der Waals surface area contributed by atoms with Crippen LogP contribution in [0, 0.1) is 0 Å². The second-order valence-electron chi connectivity index (χ2n) is 2.56. The third-order valence-electron chi connectivity index (χ3n) is 1.39. The highest BCUT2D eigenvalue weighted by molar-refractivity contribution is 5.87. The molecule has 1 atom stereocenters. The van der Waals surface area contributed by atoms with E-state index in [4.69, 9.17) is 5.11 Å². The Hall–Kier alpha value is -1.79. The number of likely N-dealkylation sites (N-methyl/N-ethyl adjacent to an activating group) is 1. The summed E-state index contributed by atoms with van der Waals surface area (Å²) in [6.45, 7) is 1.01. The topological polar surface area (TPSA) is 108 Å². The molecule has 0 aromatic carbocycles. The first-order valence-corrected chi connectivity index (χ1v) is 3.95. The zero-order valence-corrected chi connectivity index (χ0v) is 7.96. The van der Waals surface area contributed by atoms with Crippen LogP contribution in [0.15, 0.2) is 0 Å². The number of amides is 3. The maximum atomic E-state index is 10.9. The minimum Gasteiger partial charge on any atom is -0.480 e. The summed E-state index contributed by atoms with van der Waals surface area (Å²) in [6, 6.07) is -1.39. The molecule has 1 unspecified atom stereocenters. The third-order valence-corrected chi connectivity index (χ3v) is 1.39. The fourth-order valence-corrected chi connectivity index (χ4v) is 0.686. The predicted octanol–water partition coefficient (Wildman–Crippen LogP) is -1.50. The summed E-state index contributed by atoms with van der Waals surface area (Å²) < 4.78 is 0. The lowest BCUT2D eigenvalue weighted by atomic mass is 10.3. The van der Waals surface area contributed by atoms with E-state index in [2.05, 4.69) is 16.0 Å². The van der Waals surface area contributed by atoms with Crippen LogP contribution in [0.5, 0.6) is 0 Å². The van der Waals surface area contributed by atoms with Gasteiger partial charge in [0.2, 0.25) is 5.91 Å². The van der Waals surface area contributed by atoms with E-state index < -0.39 is 24.6 Å². The number of carboxylic acids is 1. The van der Waals surface area contributed by atoms with Crippen LogP contribution in [0.25, 0.3) is 0 Å². The van der Waals surface area contributed by atoms with Gasteiger partial charge in [0, 0.05) is 7.05 Å². The van der Waals surface area contributed by atoms with Crippen LogP contribution >= 0.6 is 0 Å². The second kappa shape index (κ2) is 5.79. The number of aliphatic carboxylic acids is 1. The van der Waals surface area contributed by atoms with Gasteiger partial charge in [-0.1, -0.05) is 0 Å². The fraction of sp³-hybridized carbons (Fsp3) is 0.571. The SMILES string of the molecule is CNC(=O)C(C)NC(=O)NCC(=O)O. The van der Waals surface area contributed by atoms with Crippen LogP contribution in [0.2, 0.25) is 0 Å². The van der Waals surface area contributed by atoms with Crippen molar-refractivity contribution in [3.8, 4) is 0 Å². The normalized spacial score (nSPS) is 11.3. The zero-order valence-electron chi connectivity index (χ0n) is 7.96. The van der Waals surface area contributed by atoms with Gasteiger partial charge in [-0.05, 0) is 6.92 Å². The van der Waals surface area contributed by atoms with Crippen molar-refractivity contribution >= 4 is 17.9 Å². The van der Waals surface area contributed by atoms with Crippen molar-refractivity contribution in [1.82, 2.24) is 16.0 Å². The molecule has 0 saturated carbocycles. The summed E-state index contributed by atoms with van der Waals surface area (Å²) in [5, 5.41) is 14.9. The molecule has 0 rings (SSSR count). The van der Waals surface area contributed by atoms with E-state index in [0.717, 1.165) is 0 Å². The summed E-state index contributed by atoms with van der Waals surface area (Å²) >= 11 is 0. The third kappa shape index (κ3) is 4.96. The van der Waals surface area contributed by atoms with Gasteiger partial charge in [0.1, 0.15) is 12.6 Å². The van der Waals surface area contributed by atoms with E-state index in [1.807, 2.05) is 0 Å². The molecule has 0 bridgehead atoms. The number of rotatable bonds is 4. The standard InChI is InChI=1S/C7H13N3O4/c1-4(6(13)8-2)10-7(14)9-3-5(11)12/h4H,3H2,1-2H3,(H,8,13)(H,11,12)(H2,9,10,14). The van der Waals surface area contributed by atoms with Gasteiger partial charge >= 0.3 is 12.0 Å². The maximum Gasteiger partial charge on any atom is 0.323 e. The number of hydrogen-bond acceptors (Lipinski definition) is 3. The summed E-state index contributed by atoms with van der Waals surface area (Å²) in [6.07, 6.45) is 0. The second-order valence-corrected chi connectivity index (χ2v) is 2.56. The fourth-order valence-electron chi connectivity index (χ4n) is 0.686. The van der Waals surface area contributed by atoms with Crippen LogP contribution in [-0.2, 0) is 9.59 Å². The Balaban J connectivity index is 3.82. The van der Waals surface area contributed by atoms with Gasteiger partial charge in [0.15, 0.2) is 0 Å². The Labute approximate surface area is 80.9 Å². The number of carbonyl (C=O) groups is 3. The zero-order chi connectivity index (χ0) is 11.1. The molecular formula is C7H13N3O4. The van der Waals surface area contributed by atoms with E-state index >= 15 is 0 Å². The number of carbonyl (C=O) groups excluding carboxylic acids is 2. The molecule has 0 aromatic heterocycles. The molecule has 0 fully saturated rings. The van der Waals surface area contributed by atoms with Crippen molar-refractivity contribution in [2.45, 2.75) is 13.0 Å². The van der Waals surface area contributed by atoms with Crippen molar-refractivity contribution in [3.63, 3.8) is 0 Å². The highest BCUT2D eigenvalue weighted by atomic mass is 16.4. The first-order chi connectivity index (χ1) is 6.47. The average molecular weight is 203 g/mol. The number of nitrogens with one attached hydrogen (secondary N) is 3. The highest BCUT2D eigenvalue weighted by Gasteiger charge is 2.13. The van der Waals surface area contributed by atoms with E-state index in [0.29, 0.717) is 0 Å². The summed E-state index contributed by atoms with van der Waals surface area (Å²) in [4.78, 5) is 31.9. The van der Waals surface area contributed by atoms with E-state index in [9.17, 15) is 14.4 Å². The molecule has 7 nitrogen and oxygen atoms in total. The molecule has 0 spiro atoms. The van der Waals surface area contributed by atoms with Crippen molar-refractivity contribution in [2.75, 3.05) is 13.6 Å². The Kier molecular flexibility index (Phi) is 5.05. The van der Waals surface area contributed by atoms with Crippen LogP contribution in [-0.4, -0.2) is 42.6 Å². The number of hydrogen-bond donors (Lipinski definition) is 4. The monoisotopic (exact) mass is 203 g/mol. The Bertz CT molecular complexity index is 241. The van der Waals surface area contributed by atoms with E-state index in [-0.39, 0.29) is 5.91 Å². The van der Waals surface area contributed by atoms with Gasteiger partial charge in [-0.3, -0.25) is 9.59 Å². The van der Waals surface area contributed by atoms with Crippen LogP contribution in [0.4, 0.5) is 4.79 Å². The molecular weight excluding hydrogens is 190 g/mol. The summed E-state index contributed by atoms with van der Waals surface area (Å²) in [5.41, 5.74) is 0. The predicted molar refractivity (Wildman–Crippen MR) is 47.7 cm³/mol. The largest absolute Gasteiger partial charge is 0.480 e. The minimum atomic E-state index is -1.15. The molecule has 0 aliphatic heterocycles. The lowest BCUT2D eigenvalue weighted by molar-refractivity contribution is -0.135. The molecule has 0 saturated heterocycles. The number of urea groups is 1. The Morgan fingerprint density at radius 2 is 1.93 bits per heavy atom. The van der Waals surface area contributed by atoms with E-state index in [1.54, 1.807) is 0 Å². The lowest BCUT2D eigenvalue weighted by Gasteiger charge is -2.12. The summed E-state index contributed by atoms with van der Waals surface area (Å²) in [7, 11) is 1.44. The van der Waals surface area contributed by atoms with Gasteiger partial charge in [-0.15, -0.1) is 0 Å². The van der Waals surface area contributed by atoms with Crippen LogP contribution in [0.3, 0.4) is 0 Å². The van der Waals surface area contributed by atoms with Crippen LogP contribution < -0.4 is 16.0 Å². The molecule has 0 aromatic rings. The quantitative estimate of drug-likeness (QED) is 0.446. The molecule has 0 heterocycles. The van der Waals surface area contributed by atoms with Crippen molar-refractivity contribution in [1.29, 1.82) is 0 Å². The number of carboxylic acid groups (broad SMARTS) is 1. The van der Waals surface area contributed by atoms with Crippen molar-refractivity contribution in [2.24, 2.45) is 0 Å². The smallest absolute Gasteiger partial charge is 0.323 e. The van der Waals surface area contributed by atoms with Crippen LogP contribution in [0.1, 0.15) is 6.92 Å². The lowest BCUT2D eigenvalue weighted by Crippen LogP contribution is -2.48. The maximum absolute atomic E-state index is 10.9. The molecule has 14 heavy (non-hydrogen) atoms. The minimum absolute atomic E-state index is 0.351. The first-order valence-electron chi connectivity index (χ1n) is 3.95. The summed E-state index contributed by atoms with van der Waals surface area (Å²) in [5.74, 6) is -1.50. The molecule has 4 N–H and O–H groups in total. The Morgan fingerprint density at radius 3 is 2.36 bits per heavy atom. The van der Waals surface area contributed by atoms with Gasteiger partial charge in [0.05, 0.1) is 0 Å². The van der Waals surface area contributed by atoms with Gasteiger partial charge in [-0.2, -0.15) is 0 Å². The van der Waals surface area contributed by atoms with Gasteiger partial charge in [0.25, 0.3) is 0 Å². The van der Waals surface area contributed by atoms with Gasteiger partial charge < -0.3 is 21.1 Å². The highest BCUT2D eigenvalue weighted by Crippen LogP contribution is 1.80. The molecule has 0 radical (unpaired) electrons. The van der Waals surface area contributed by atoms with Crippen molar-refractivity contribution in [3.05, 3.63) is 0 Å². The molecule has 7 heteroatoms.